The Morgan fingerprint density at radius 1 is 1.14 bits per heavy atom. The second-order valence-electron chi connectivity index (χ2n) is 6.87. The summed E-state index contributed by atoms with van der Waals surface area (Å²) in [6.45, 7) is 4.38. The Bertz CT molecular complexity index is 1230. The summed E-state index contributed by atoms with van der Waals surface area (Å²) < 4.78 is 0. The minimum Gasteiger partial charge on any atom is -0.296 e. The number of anilines is 1. The Balaban J connectivity index is 1.56. The van der Waals surface area contributed by atoms with Gasteiger partial charge in [0.2, 0.25) is 0 Å². The van der Waals surface area contributed by atoms with Crippen LogP contribution in [0.4, 0.5) is 5.13 Å². The summed E-state index contributed by atoms with van der Waals surface area (Å²) in [7, 11) is 0. The highest BCUT2D eigenvalue weighted by Crippen LogP contribution is 2.27. The van der Waals surface area contributed by atoms with Crippen molar-refractivity contribution in [1.82, 2.24) is 15.2 Å². The fourth-order valence-electron chi connectivity index (χ4n) is 3.13. The van der Waals surface area contributed by atoms with Crippen LogP contribution in [0.25, 0.3) is 22.0 Å². The number of nitrogens with zero attached hydrogens (tertiary/aromatic N) is 2. The molecule has 0 spiro atoms. The third kappa shape index (κ3) is 3.82. The van der Waals surface area contributed by atoms with Gasteiger partial charge in [0.05, 0.1) is 11.1 Å². The summed E-state index contributed by atoms with van der Waals surface area (Å²) in [5.41, 5.74) is 2.95. The van der Waals surface area contributed by atoms with Crippen LogP contribution in [0.1, 0.15) is 42.2 Å². The molecule has 1 amide bonds. The molecule has 2 aromatic heterocycles. The zero-order valence-corrected chi connectivity index (χ0v) is 16.9. The molecule has 4 aromatic rings. The number of aromatic amines is 1. The second kappa shape index (κ2) is 7.97. The van der Waals surface area contributed by atoms with E-state index < -0.39 is 5.91 Å². The van der Waals surface area contributed by atoms with Crippen LogP contribution in [0.3, 0.4) is 0 Å². The third-order valence-corrected chi connectivity index (χ3v) is 5.78. The number of benzene rings is 2. The van der Waals surface area contributed by atoms with Crippen molar-refractivity contribution >= 4 is 33.1 Å². The van der Waals surface area contributed by atoms with E-state index in [0.29, 0.717) is 21.8 Å². The molecule has 1 atom stereocenters. The van der Waals surface area contributed by atoms with E-state index in [9.17, 15) is 9.59 Å². The van der Waals surface area contributed by atoms with Crippen molar-refractivity contribution in [3.8, 4) is 11.3 Å². The lowest BCUT2D eigenvalue weighted by Crippen LogP contribution is -2.19. The molecule has 0 aliphatic rings. The van der Waals surface area contributed by atoms with Gasteiger partial charge in [-0.15, -0.1) is 11.3 Å². The molecule has 0 fully saturated rings. The van der Waals surface area contributed by atoms with Crippen molar-refractivity contribution in [3.05, 3.63) is 75.5 Å². The summed E-state index contributed by atoms with van der Waals surface area (Å²) in [4.78, 5) is 29.1. The van der Waals surface area contributed by atoms with Gasteiger partial charge in [0.15, 0.2) is 10.8 Å². The average molecular weight is 404 g/mol. The molecule has 0 saturated heterocycles. The van der Waals surface area contributed by atoms with E-state index in [4.69, 9.17) is 0 Å². The van der Waals surface area contributed by atoms with Crippen LogP contribution >= 0.6 is 11.3 Å². The number of carbonyl (C=O) groups excluding carboxylic acids is 1. The third-order valence-electron chi connectivity index (χ3n) is 5.02. The summed E-state index contributed by atoms with van der Waals surface area (Å²) in [5, 5.41) is 12.4. The van der Waals surface area contributed by atoms with Crippen molar-refractivity contribution in [1.29, 1.82) is 0 Å². The number of fused-ring (bicyclic) bond motifs is 1. The van der Waals surface area contributed by atoms with E-state index in [1.165, 1.54) is 16.9 Å². The van der Waals surface area contributed by atoms with E-state index >= 15 is 0 Å². The first-order valence-corrected chi connectivity index (χ1v) is 10.3. The molecule has 29 heavy (non-hydrogen) atoms. The normalized spacial score (nSPS) is 12.1. The van der Waals surface area contributed by atoms with Gasteiger partial charge in [0.1, 0.15) is 0 Å². The van der Waals surface area contributed by atoms with Gasteiger partial charge in [-0.3, -0.25) is 14.9 Å². The lowest BCUT2D eigenvalue weighted by atomic mass is 9.97. The molecule has 2 aromatic carbocycles. The van der Waals surface area contributed by atoms with E-state index in [1.54, 1.807) is 24.3 Å². The molecule has 7 heteroatoms. The Hall–Kier alpha value is -3.32. The number of hydrogen-bond acceptors (Lipinski definition) is 5. The van der Waals surface area contributed by atoms with E-state index in [-0.39, 0.29) is 11.3 Å². The molecule has 2 N–H and O–H groups in total. The predicted molar refractivity (Wildman–Crippen MR) is 117 cm³/mol. The molecule has 146 valence electrons. The van der Waals surface area contributed by atoms with Crippen molar-refractivity contribution in [2.75, 3.05) is 5.32 Å². The number of H-pyrrole nitrogens is 1. The van der Waals surface area contributed by atoms with Crippen molar-refractivity contribution < 1.29 is 4.79 Å². The van der Waals surface area contributed by atoms with Gasteiger partial charge in [0, 0.05) is 16.3 Å². The summed E-state index contributed by atoms with van der Waals surface area (Å²) in [6.07, 6.45) is 1.10. The quantitative estimate of drug-likeness (QED) is 0.499. The maximum atomic E-state index is 12.7. The Morgan fingerprint density at radius 2 is 1.86 bits per heavy atom. The number of thiazole rings is 1. The largest absolute Gasteiger partial charge is 0.296 e. The second-order valence-corrected chi connectivity index (χ2v) is 7.73. The standard InChI is InChI=1S/C22H20N4O2S/c1-3-13(2)14-8-10-15(11-9-14)18-12-29-22(23-18)24-21(28)19-16-6-4-5-7-17(16)20(27)26-25-19/h4-13H,3H2,1-2H3,(H,26,27)(H,23,24,28)/t13-/m0/s1. The number of amides is 1. The molecule has 0 unspecified atom stereocenters. The van der Waals surface area contributed by atoms with Crippen LogP contribution in [0.2, 0.25) is 0 Å². The molecule has 6 nitrogen and oxygen atoms in total. The monoisotopic (exact) mass is 404 g/mol. The Morgan fingerprint density at radius 3 is 2.59 bits per heavy atom. The van der Waals surface area contributed by atoms with Gasteiger partial charge in [-0.1, -0.05) is 56.3 Å². The molecule has 0 aliphatic heterocycles. The van der Waals surface area contributed by atoms with E-state index in [2.05, 4.69) is 58.6 Å². The van der Waals surface area contributed by atoms with Gasteiger partial charge in [-0.25, -0.2) is 10.1 Å². The highest BCUT2D eigenvalue weighted by Gasteiger charge is 2.16. The fourth-order valence-corrected chi connectivity index (χ4v) is 3.84. The van der Waals surface area contributed by atoms with Crippen LogP contribution in [0.15, 0.2) is 58.7 Å². The molecule has 0 saturated carbocycles. The maximum Gasteiger partial charge on any atom is 0.278 e. The highest BCUT2D eigenvalue weighted by atomic mass is 32.1. The zero-order valence-electron chi connectivity index (χ0n) is 16.1. The number of hydrogen-bond donors (Lipinski definition) is 2. The minimum absolute atomic E-state index is 0.162. The maximum absolute atomic E-state index is 12.7. The van der Waals surface area contributed by atoms with Crippen LogP contribution < -0.4 is 10.9 Å². The Labute approximate surface area is 171 Å². The number of aromatic nitrogens is 3. The smallest absolute Gasteiger partial charge is 0.278 e. The molecular weight excluding hydrogens is 384 g/mol. The summed E-state index contributed by atoms with van der Waals surface area (Å²) in [6, 6.07) is 15.2. The Kier molecular flexibility index (Phi) is 5.22. The summed E-state index contributed by atoms with van der Waals surface area (Å²) >= 11 is 1.35. The summed E-state index contributed by atoms with van der Waals surface area (Å²) in [5.74, 6) is 0.111. The molecule has 4 rings (SSSR count). The topological polar surface area (TPSA) is 87.7 Å². The van der Waals surface area contributed by atoms with Gasteiger partial charge in [0.25, 0.3) is 11.5 Å². The van der Waals surface area contributed by atoms with Crippen LogP contribution in [-0.4, -0.2) is 21.1 Å². The number of nitrogens with one attached hydrogen (secondary N) is 2. The predicted octanol–water partition coefficient (Wildman–Crippen LogP) is 4.81. The first-order valence-electron chi connectivity index (χ1n) is 9.41. The molecule has 0 radical (unpaired) electrons. The van der Waals surface area contributed by atoms with Crippen LogP contribution in [0.5, 0.6) is 0 Å². The number of rotatable bonds is 5. The zero-order chi connectivity index (χ0) is 20.4. The molecular formula is C22H20N4O2S. The van der Waals surface area contributed by atoms with Gasteiger partial charge in [-0.2, -0.15) is 5.10 Å². The SMILES string of the molecule is CC[C@H](C)c1ccc(-c2csc(NC(=O)c3n[nH]c(=O)c4ccccc34)n2)cc1. The lowest BCUT2D eigenvalue weighted by Gasteiger charge is -2.08. The first kappa shape index (κ1) is 19.0. The van der Waals surface area contributed by atoms with Crippen molar-refractivity contribution in [2.45, 2.75) is 26.2 Å². The van der Waals surface area contributed by atoms with E-state index in [0.717, 1.165) is 17.7 Å². The van der Waals surface area contributed by atoms with Gasteiger partial charge < -0.3 is 0 Å². The van der Waals surface area contributed by atoms with Crippen molar-refractivity contribution in [3.63, 3.8) is 0 Å². The molecule has 2 heterocycles. The first-order chi connectivity index (χ1) is 14.1. The molecule has 0 aliphatic carbocycles. The van der Waals surface area contributed by atoms with Crippen molar-refractivity contribution in [2.24, 2.45) is 0 Å². The highest BCUT2D eigenvalue weighted by molar-refractivity contribution is 7.14. The van der Waals surface area contributed by atoms with Gasteiger partial charge >= 0.3 is 0 Å². The van der Waals surface area contributed by atoms with Crippen LogP contribution in [0, 0.1) is 0 Å². The van der Waals surface area contributed by atoms with E-state index in [1.807, 2.05) is 5.38 Å². The molecule has 0 bridgehead atoms. The minimum atomic E-state index is -0.412. The van der Waals surface area contributed by atoms with Crippen LogP contribution in [-0.2, 0) is 0 Å². The lowest BCUT2D eigenvalue weighted by molar-refractivity contribution is 0.102. The average Bonchev–Trinajstić information content (AvgIpc) is 3.22. The van der Waals surface area contributed by atoms with Gasteiger partial charge in [-0.05, 0) is 24.0 Å². The fraction of sp³-hybridized carbons (Fsp3) is 0.182. The number of carbonyl (C=O) groups is 1.